The number of ketones is 2. The lowest BCUT2D eigenvalue weighted by Gasteiger charge is -2.38. The van der Waals surface area contributed by atoms with Gasteiger partial charge in [0.2, 0.25) is 5.79 Å². The molecule has 3 aliphatic heterocycles. The number of amides is 2. The molecule has 0 unspecified atom stereocenters. The number of hydrogen-bond acceptors (Lipinski definition) is 15. The molecule has 4 aliphatic rings. The largest absolute Gasteiger partial charge is 0.456 e. The van der Waals surface area contributed by atoms with Gasteiger partial charge in [0.15, 0.2) is 0 Å². The Balaban J connectivity index is 1.37. The lowest BCUT2D eigenvalue weighted by molar-refractivity contribution is -0.208. The molecule has 2 amide bonds. The fourth-order valence-electron chi connectivity index (χ4n) is 10.9. The van der Waals surface area contributed by atoms with Gasteiger partial charge in [0.05, 0.1) is 30.6 Å². The molecule has 5 rings (SSSR count). The van der Waals surface area contributed by atoms with Crippen LogP contribution in [0.4, 0.5) is 4.79 Å². The third-order valence-electron chi connectivity index (χ3n) is 15.4. The number of Topliss-reactive ketones (excluding diaryl/α,β-unsaturated/α-hetero) is 2. The number of allylic oxidation sites excluding steroid dienone is 4. The summed E-state index contributed by atoms with van der Waals surface area (Å²) in [6, 6.07) is 4.62. The summed E-state index contributed by atoms with van der Waals surface area (Å²) in [5.41, 5.74) is 2.58. The quantitative estimate of drug-likeness (QED) is 0.0953. The molecule has 2 saturated heterocycles. The number of rotatable bonds is 10. The van der Waals surface area contributed by atoms with Gasteiger partial charge in [-0.25, -0.2) is 9.59 Å². The number of ether oxygens (including phenoxy) is 4. The Labute approximate surface area is 427 Å². The highest BCUT2D eigenvalue weighted by Crippen LogP contribution is 2.34. The van der Waals surface area contributed by atoms with Gasteiger partial charge in [-0.05, 0) is 120 Å². The predicted molar refractivity (Wildman–Crippen MR) is 270 cm³/mol. The van der Waals surface area contributed by atoms with Crippen LogP contribution in [-0.4, -0.2) is 166 Å². The summed E-state index contributed by atoms with van der Waals surface area (Å²) in [5, 5.41) is 44.1. The van der Waals surface area contributed by atoms with Crippen molar-refractivity contribution in [2.75, 3.05) is 53.6 Å². The number of aromatic nitrogens is 1. The SMILES string of the molecule is CO[C@@H]1C[C@@H](OC)C[C@@H](C)C/C(C)=C/[C@@H](C/C=C/CO)C(=O)C[C@H](O)[C@@H](C)[C@@H](/C(C)=C/C2CCC(OC(=O)N3CCN(Cc4ccccn4)CC3)CC2)OC(=O)[C@@H]2CCCCN2C(=O)C(=O)C(O)(O)[C@H](C)C1. The van der Waals surface area contributed by atoms with Crippen LogP contribution in [-0.2, 0) is 44.7 Å². The molecule has 0 aromatic carbocycles. The van der Waals surface area contributed by atoms with Crippen molar-refractivity contribution in [2.45, 2.75) is 167 Å². The zero-order valence-electron chi connectivity index (χ0n) is 43.9. The van der Waals surface area contributed by atoms with Gasteiger partial charge < -0.3 is 49.2 Å². The number of nitrogens with zero attached hydrogens (tertiary/aromatic N) is 4. The van der Waals surface area contributed by atoms with E-state index in [0.29, 0.717) is 82.9 Å². The normalized spacial score (nSPS) is 32.7. The van der Waals surface area contributed by atoms with E-state index >= 15 is 0 Å². The molecule has 17 nitrogen and oxygen atoms in total. The summed E-state index contributed by atoms with van der Waals surface area (Å²) in [6.45, 7) is 12.1. The highest BCUT2D eigenvalue weighted by molar-refractivity contribution is 6.39. The number of piperidine rings is 1. The maximum atomic E-state index is 14.5. The number of methoxy groups -OCH3 is 2. The number of carbonyl (C=O) groups excluding carboxylic acids is 5. The predicted octanol–water partition coefficient (Wildman–Crippen LogP) is 5.72. The van der Waals surface area contributed by atoms with E-state index in [9.17, 15) is 44.4 Å². The number of esters is 1. The van der Waals surface area contributed by atoms with E-state index in [-0.39, 0.29) is 68.3 Å². The Morgan fingerprint density at radius 2 is 1.57 bits per heavy atom. The van der Waals surface area contributed by atoms with Crippen molar-refractivity contribution in [2.24, 2.45) is 29.6 Å². The molecule has 402 valence electrons. The van der Waals surface area contributed by atoms with E-state index in [0.717, 1.165) is 35.8 Å². The number of fused-ring (bicyclic) bond motifs is 1. The maximum absolute atomic E-state index is 14.5. The van der Waals surface area contributed by atoms with E-state index < -0.39 is 65.6 Å². The van der Waals surface area contributed by atoms with Gasteiger partial charge in [-0.3, -0.25) is 24.3 Å². The molecular weight excluding hydrogens is 925 g/mol. The van der Waals surface area contributed by atoms with Crippen LogP contribution in [0.15, 0.2) is 59.8 Å². The van der Waals surface area contributed by atoms with Crippen LogP contribution in [0, 0.1) is 29.6 Å². The Morgan fingerprint density at radius 1 is 0.875 bits per heavy atom. The van der Waals surface area contributed by atoms with E-state index in [4.69, 9.17) is 18.9 Å². The van der Waals surface area contributed by atoms with Gasteiger partial charge >= 0.3 is 12.1 Å². The smallest absolute Gasteiger partial charge is 0.410 e. The second-order valence-corrected chi connectivity index (χ2v) is 21.1. The Morgan fingerprint density at radius 3 is 2.22 bits per heavy atom. The molecule has 4 heterocycles. The molecule has 3 fully saturated rings. The number of aliphatic hydroxyl groups is 4. The highest BCUT2D eigenvalue weighted by atomic mass is 16.6. The number of carbonyl (C=O) groups is 5. The molecule has 4 N–H and O–H groups in total. The first-order valence-corrected chi connectivity index (χ1v) is 26.3. The van der Waals surface area contributed by atoms with Crippen LogP contribution in [0.2, 0.25) is 0 Å². The van der Waals surface area contributed by atoms with Crippen LogP contribution in [0.5, 0.6) is 0 Å². The standard InChI is InChI=1S/C55H84N4O13/c1-36-28-37(2)30-45(69-6)33-46(70-7)32-39(4)55(67,68)51(63)52(64)59-22-12-9-16-47(59)53(65)72-50(40(5)48(61)34-49(62)42(29-36)14-10-13-27-60)38(3)31-41-17-19-44(20-18-41)71-54(66)58-25-23-57(24-26-58)35-43-15-8-11-21-56-43/h8,10-11,13,15,21,29,31,37,39-42,44-48,50,60-61,67-68H,9,12,14,16-20,22-28,30,32-35H2,1-7H3/b13-10+,36-29+,38-31+/t37-,39+,40+,41?,42+,44?,45-,46-,47-,48-,50+/m0/s1. The van der Waals surface area contributed by atoms with Crippen LogP contribution < -0.4 is 0 Å². The maximum Gasteiger partial charge on any atom is 0.410 e. The summed E-state index contributed by atoms with van der Waals surface area (Å²) in [7, 11) is 3.08. The monoisotopic (exact) mass is 1010 g/mol. The summed E-state index contributed by atoms with van der Waals surface area (Å²) >= 11 is 0. The van der Waals surface area contributed by atoms with Crippen molar-refractivity contribution < 1.29 is 63.3 Å². The topological polar surface area (TPSA) is 226 Å². The van der Waals surface area contributed by atoms with Gasteiger partial charge in [0, 0.05) is 83.9 Å². The number of piperazine rings is 1. The average molecular weight is 1010 g/mol. The third kappa shape index (κ3) is 16.8. The van der Waals surface area contributed by atoms with E-state index in [1.807, 2.05) is 44.2 Å². The summed E-state index contributed by atoms with van der Waals surface area (Å²) in [4.78, 5) is 79.3. The van der Waals surface area contributed by atoms with Gasteiger partial charge in [-0.1, -0.05) is 56.7 Å². The van der Waals surface area contributed by atoms with Gasteiger partial charge in [0.1, 0.15) is 24.0 Å². The second kappa shape index (κ2) is 28.3. The Kier molecular flexibility index (Phi) is 23.0. The first-order valence-electron chi connectivity index (χ1n) is 26.3. The van der Waals surface area contributed by atoms with Crippen LogP contribution in [0.3, 0.4) is 0 Å². The van der Waals surface area contributed by atoms with Crippen molar-refractivity contribution in [3.8, 4) is 0 Å². The molecule has 17 heteroatoms. The zero-order chi connectivity index (χ0) is 52.5. The Bertz CT molecular complexity index is 2010. The van der Waals surface area contributed by atoms with Gasteiger partial charge in [-0.15, -0.1) is 0 Å². The van der Waals surface area contributed by atoms with E-state index in [1.54, 1.807) is 37.3 Å². The number of aliphatic hydroxyl groups excluding tert-OH is 2. The Hall–Kier alpha value is -4.36. The van der Waals surface area contributed by atoms with E-state index in [2.05, 4.69) is 16.8 Å². The van der Waals surface area contributed by atoms with Crippen molar-refractivity contribution in [3.05, 3.63) is 65.5 Å². The molecule has 0 spiro atoms. The van der Waals surface area contributed by atoms with Crippen molar-refractivity contribution in [3.63, 3.8) is 0 Å². The van der Waals surface area contributed by atoms with Crippen LogP contribution in [0.25, 0.3) is 0 Å². The molecule has 0 bridgehead atoms. The number of cyclic esters (lactones) is 1. The molecule has 1 aromatic heterocycles. The lowest BCUT2D eigenvalue weighted by atomic mass is 9.82. The van der Waals surface area contributed by atoms with Gasteiger partial charge in [-0.2, -0.15) is 0 Å². The minimum atomic E-state index is -3.07. The fourth-order valence-corrected chi connectivity index (χ4v) is 10.9. The summed E-state index contributed by atoms with van der Waals surface area (Å²) in [6.07, 6.45) is 10.7. The first-order chi connectivity index (χ1) is 34.3. The number of pyridine rings is 1. The summed E-state index contributed by atoms with van der Waals surface area (Å²) in [5.74, 6) is -9.24. The highest BCUT2D eigenvalue weighted by Gasteiger charge is 2.48. The molecule has 0 radical (unpaired) electrons. The molecule has 72 heavy (non-hydrogen) atoms. The van der Waals surface area contributed by atoms with Gasteiger partial charge in [0.25, 0.3) is 11.7 Å². The lowest BCUT2D eigenvalue weighted by Crippen LogP contribution is -2.58. The fraction of sp³-hybridized carbons (Fsp3) is 0.709. The molecule has 1 aromatic rings. The van der Waals surface area contributed by atoms with Crippen molar-refractivity contribution in [1.82, 2.24) is 19.7 Å². The van der Waals surface area contributed by atoms with Crippen LogP contribution >= 0.6 is 0 Å². The van der Waals surface area contributed by atoms with E-state index in [1.165, 1.54) is 14.0 Å². The first kappa shape index (κ1) is 58.5. The average Bonchev–Trinajstić information content (AvgIpc) is 3.37. The molecular formula is C55H84N4O13. The van der Waals surface area contributed by atoms with Crippen molar-refractivity contribution >= 4 is 29.5 Å². The van der Waals surface area contributed by atoms with Crippen molar-refractivity contribution in [1.29, 1.82) is 0 Å². The third-order valence-corrected chi connectivity index (χ3v) is 15.4. The number of hydrogen-bond donors (Lipinski definition) is 4. The minimum absolute atomic E-state index is 0.00438. The molecule has 1 saturated carbocycles. The zero-order valence-corrected chi connectivity index (χ0v) is 43.9. The molecule has 9 atom stereocenters. The second-order valence-electron chi connectivity index (χ2n) is 21.1. The molecule has 1 aliphatic carbocycles. The summed E-state index contributed by atoms with van der Waals surface area (Å²) < 4.78 is 23.9. The minimum Gasteiger partial charge on any atom is -0.456 e. The van der Waals surface area contributed by atoms with Crippen LogP contribution in [0.1, 0.15) is 124 Å².